The summed E-state index contributed by atoms with van der Waals surface area (Å²) in [5.74, 6) is 0.817. The molecule has 1 radical (unpaired) electrons. The van der Waals surface area contributed by atoms with Crippen LogP contribution in [0.15, 0.2) is 43.5 Å². The SMILES string of the molecule is C=CCc1cccc(O[CH]OCC)c1CC=C. The van der Waals surface area contributed by atoms with Crippen LogP contribution in [0.3, 0.4) is 0 Å². The van der Waals surface area contributed by atoms with Crippen LogP contribution in [-0.4, -0.2) is 6.61 Å². The zero-order valence-corrected chi connectivity index (χ0v) is 10.3. The van der Waals surface area contributed by atoms with Crippen molar-refractivity contribution < 1.29 is 9.47 Å². The van der Waals surface area contributed by atoms with Gasteiger partial charge in [0.15, 0.2) is 0 Å². The van der Waals surface area contributed by atoms with Gasteiger partial charge in [0.2, 0.25) is 0 Å². The highest BCUT2D eigenvalue weighted by Gasteiger charge is 2.07. The second kappa shape index (κ2) is 7.69. The van der Waals surface area contributed by atoms with Crippen LogP contribution < -0.4 is 4.74 Å². The minimum atomic E-state index is 0.600. The number of rotatable bonds is 8. The van der Waals surface area contributed by atoms with Crippen molar-refractivity contribution in [1.29, 1.82) is 0 Å². The van der Waals surface area contributed by atoms with Crippen LogP contribution in [0.1, 0.15) is 18.1 Å². The van der Waals surface area contributed by atoms with Gasteiger partial charge in [-0.05, 0) is 31.4 Å². The lowest BCUT2D eigenvalue weighted by molar-refractivity contribution is 0.101. The molecule has 0 atom stereocenters. The van der Waals surface area contributed by atoms with Crippen LogP contribution in [0.25, 0.3) is 0 Å². The Kier molecular flexibility index (Phi) is 6.12. The van der Waals surface area contributed by atoms with Crippen molar-refractivity contribution in [1.82, 2.24) is 0 Å². The van der Waals surface area contributed by atoms with Gasteiger partial charge in [-0.25, -0.2) is 0 Å². The maximum atomic E-state index is 5.49. The van der Waals surface area contributed by atoms with Gasteiger partial charge in [0, 0.05) is 12.2 Å². The lowest BCUT2D eigenvalue weighted by Gasteiger charge is -2.13. The van der Waals surface area contributed by atoms with E-state index in [4.69, 9.17) is 9.47 Å². The molecule has 1 aromatic carbocycles. The molecule has 17 heavy (non-hydrogen) atoms. The molecular formula is C15H19O2. The fourth-order valence-electron chi connectivity index (χ4n) is 1.60. The van der Waals surface area contributed by atoms with Gasteiger partial charge in [-0.15, -0.1) is 13.2 Å². The third kappa shape index (κ3) is 4.08. The summed E-state index contributed by atoms with van der Waals surface area (Å²) in [7, 11) is 0. The van der Waals surface area contributed by atoms with Gasteiger partial charge >= 0.3 is 0 Å². The molecule has 1 rings (SSSR count). The molecule has 0 aliphatic rings. The highest BCUT2D eigenvalue weighted by atomic mass is 16.7. The second-order valence-electron chi connectivity index (χ2n) is 3.55. The van der Waals surface area contributed by atoms with Crippen LogP contribution in [-0.2, 0) is 17.6 Å². The molecule has 0 saturated heterocycles. The third-order valence-electron chi connectivity index (χ3n) is 2.35. The first-order valence-electron chi connectivity index (χ1n) is 5.76. The van der Waals surface area contributed by atoms with Crippen molar-refractivity contribution in [3.05, 3.63) is 61.4 Å². The van der Waals surface area contributed by atoms with Gasteiger partial charge in [-0.1, -0.05) is 24.3 Å². The number of hydrogen-bond donors (Lipinski definition) is 0. The normalized spacial score (nSPS) is 9.94. The Morgan fingerprint density at radius 3 is 2.59 bits per heavy atom. The van der Waals surface area contributed by atoms with Crippen LogP contribution in [0.2, 0.25) is 0 Å². The predicted octanol–water partition coefficient (Wildman–Crippen LogP) is 3.68. The molecule has 0 aliphatic heterocycles. The number of allylic oxidation sites excluding steroid dienone is 2. The first-order chi connectivity index (χ1) is 8.33. The Labute approximate surface area is 104 Å². The van der Waals surface area contributed by atoms with Crippen molar-refractivity contribution >= 4 is 0 Å². The lowest BCUT2D eigenvalue weighted by atomic mass is 10.0. The standard InChI is InChI=1S/C15H19O2/c1-4-8-13-10-7-11-15(14(13)9-5-2)17-12-16-6-3/h4-5,7,10-12H,1-2,6,8-9H2,3H3. The molecule has 0 aliphatic carbocycles. The summed E-state index contributed by atoms with van der Waals surface area (Å²) in [6, 6.07) is 5.98. The zero-order chi connectivity index (χ0) is 12.5. The van der Waals surface area contributed by atoms with E-state index in [0.717, 1.165) is 24.2 Å². The minimum Gasteiger partial charge on any atom is -0.458 e. The number of benzene rings is 1. The van der Waals surface area contributed by atoms with Crippen LogP contribution in [0.4, 0.5) is 0 Å². The van der Waals surface area contributed by atoms with Crippen molar-refractivity contribution in [3.8, 4) is 5.75 Å². The highest BCUT2D eigenvalue weighted by Crippen LogP contribution is 2.24. The van der Waals surface area contributed by atoms with E-state index in [2.05, 4.69) is 19.2 Å². The smallest absolute Gasteiger partial charge is 0.263 e. The molecule has 2 heteroatoms. The van der Waals surface area contributed by atoms with E-state index >= 15 is 0 Å². The Morgan fingerprint density at radius 2 is 1.94 bits per heavy atom. The van der Waals surface area contributed by atoms with Gasteiger partial charge < -0.3 is 9.47 Å². The second-order valence-corrected chi connectivity index (χ2v) is 3.55. The van der Waals surface area contributed by atoms with E-state index in [9.17, 15) is 0 Å². The van der Waals surface area contributed by atoms with Gasteiger partial charge in [0.25, 0.3) is 6.79 Å². The summed E-state index contributed by atoms with van der Waals surface area (Å²) in [6.45, 7) is 11.4. The highest BCUT2D eigenvalue weighted by molar-refractivity contribution is 5.42. The van der Waals surface area contributed by atoms with Crippen molar-refractivity contribution in [3.63, 3.8) is 0 Å². The van der Waals surface area contributed by atoms with E-state index in [1.807, 2.05) is 31.2 Å². The minimum absolute atomic E-state index is 0.600. The molecule has 2 nitrogen and oxygen atoms in total. The summed E-state index contributed by atoms with van der Waals surface area (Å²) in [4.78, 5) is 0. The lowest BCUT2D eigenvalue weighted by Crippen LogP contribution is -2.00. The molecule has 0 aromatic heterocycles. The van der Waals surface area contributed by atoms with Crippen molar-refractivity contribution in [2.75, 3.05) is 6.61 Å². The molecule has 0 heterocycles. The first kappa shape index (κ1) is 13.5. The Balaban J connectivity index is 2.88. The first-order valence-corrected chi connectivity index (χ1v) is 5.76. The van der Waals surface area contributed by atoms with E-state index in [1.54, 1.807) is 0 Å². The molecule has 0 fully saturated rings. The largest absolute Gasteiger partial charge is 0.458 e. The van der Waals surface area contributed by atoms with Crippen molar-refractivity contribution in [2.24, 2.45) is 0 Å². The molecule has 0 unspecified atom stereocenters. The molecular weight excluding hydrogens is 212 g/mol. The van der Waals surface area contributed by atoms with E-state index < -0.39 is 0 Å². The quantitative estimate of drug-likeness (QED) is 0.502. The summed E-state index contributed by atoms with van der Waals surface area (Å²) >= 11 is 0. The Hall–Kier alpha value is -1.54. The Bertz CT molecular complexity index is 369. The molecule has 1 aromatic rings. The van der Waals surface area contributed by atoms with Gasteiger partial charge in [-0.3, -0.25) is 0 Å². The van der Waals surface area contributed by atoms with E-state index in [1.165, 1.54) is 12.4 Å². The molecule has 0 bridgehead atoms. The van der Waals surface area contributed by atoms with Crippen molar-refractivity contribution in [2.45, 2.75) is 19.8 Å². The molecule has 0 amide bonds. The summed E-state index contributed by atoms with van der Waals surface area (Å²) in [5.41, 5.74) is 2.35. The fourth-order valence-corrected chi connectivity index (χ4v) is 1.60. The molecule has 91 valence electrons. The fraction of sp³-hybridized carbons (Fsp3) is 0.267. The van der Waals surface area contributed by atoms with Crippen LogP contribution >= 0.6 is 0 Å². The number of ether oxygens (including phenoxy) is 2. The van der Waals surface area contributed by atoms with Gasteiger partial charge in [0.1, 0.15) is 5.75 Å². The average Bonchev–Trinajstić information content (AvgIpc) is 2.33. The summed E-state index contributed by atoms with van der Waals surface area (Å²) in [5, 5.41) is 0. The van der Waals surface area contributed by atoms with E-state index in [-0.39, 0.29) is 0 Å². The third-order valence-corrected chi connectivity index (χ3v) is 2.35. The maximum absolute atomic E-state index is 5.49. The summed E-state index contributed by atoms with van der Waals surface area (Å²) in [6.07, 6.45) is 5.36. The van der Waals surface area contributed by atoms with Crippen LogP contribution in [0, 0.1) is 6.79 Å². The van der Waals surface area contributed by atoms with Gasteiger partial charge in [-0.2, -0.15) is 0 Å². The monoisotopic (exact) mass is 231 g/mol. The number of hydrogen-bond acceptors (Lipinski definition) is 2. The summed E-state index contributed by atoms with van der Waals surface area (Å²) < 4.78 is 10.6. The topological polar surface area (TPSA) is 18.5 Å². The van der Waals surface area contributed by atoms with Gasteiger partial charge in [0.05, 0.1) is 0 Å². The van der Waals surface area contributed by atoms with E-state index in [0.29, 0.717) is 6.61 Å². The average molecular weight is 231 g/mol. The maximum Gasteiger partial charge on any atom is 0.263 e. The van der Waals surface area contributed by atoms with Crippen LogP contribution in [0.5, 0.6) is 5.75 Å². The Morgan fingerprint density at radius 1 is 1.18 bits per heavy atom. The molecule has 0 spiro atoms. The molecule has 0 saturated carbocycles. The zero-order valence-electron chi connectivity index (χ0n) is 10.3. The predicted molar refractivity (Wildman–Crippen MR) is 70.8 cm³/mol. The molecule has 0 N–H and O–H groups in total.